The molecule has 31 heavy (non-hydrogen) atoms. The second-order valence-corrected chi connectivity index (χ2v) is 8.35. The van der Waals surface area contributed by atoms with Crippen molar-refractivity contribution in [3.63, 3.8) is 0 Å². The van der Waals surface area contributed by atoms with Crippen molar-refractivity contribution in [1.29, 1.82) is 0 Å². The molecule has 2 aromatic carbocycles. The molecule has 0 aliphatic carbocycles. The molecule has 1 aliphatic rings. The van der Waals surface area contributed by atoms with E-state index in [1.165, 1.54) is 29.4 Å². The van der Waals surface area contributed by atoms with Crippen LogP contribution in [0.2, 0.25) is 0 Å². The van der Waals surface area contributed by atoms with Crippen molar-refractivity contribution in [3.8, 4) is 0 Å². The molecule has 2 heterocycles. The number of fused-ring (bicyclic) bond motifs is 1. The normalized spacial score (nSPS) is 14.6. The Labute approximate surface area is 182 Å². The molecule has 1 aromatic heterocycles. The molecule has 4 rings (SSSR count). The van der Waals surface area contributed by atoms with Crippen LogP contribution in [-0.4, -0.2) is 33.4 Å². The number of hydrogen-bond acceptors (Lipinski definition) is 4. The van der Waals surface area contributed by atoms with Gasteiger partial charge in [-0.15, -0.1) is 0 Å². The number of hydrogen-bond donors (Lipinski definition) is 1. The van der Waals surface area contributed by atoms with E-state index in [0.29, 0.717) is 18.5 Å². The maximum absolute atomic E-state index is 12.7. The fourth-order valence-electron chi connectivity index (χ4n) is 4.24. The summed E-state index contributed by atoms with van der Waals surface area (Å²) < 4.78 is 1.52. The molecule has 1 aliphatic heterocycles. The van der Waals surface area contributed by atoms with Crippen molar-refractivity contribution >= 4 is 16.8 Å². The molecule has 6 heteroatoms. The first kappa shape index (κ1) is 21.2. The Morgan fingerprint density at radius 1 is 1.03 bits per heavy atom. The largest absolute Gasteiger partial charge is 0.352 e. The summed E-state index contributed by atoms with van der Waals surface area (Å²) in [5.41, 5.74) is 4.02. The quantitative estimate of drug-likeness (QED) is 0.639. The van der Waals surface area contributed by atoms with Crippen LogP contribution >= 0.6 is 0 Å². The summed E-state index contributed by atoms with van der Waals surface area (Å²) in [4.78, 5) is 32.1. The molecule has 0 atom stereocenters. The lowest BCUT2D eigenvalue weighted by Crippen LogP contribution is -2.30. The van der Waals surface area contributed by atoms with Crippen LogP contribution in [0, 0.1) is 6.92 Å². The monoisotopic (exact) mass is 418 g/mol. The average Bonchev–Trinajstić information content (AvgIpc) is 2.79. The first-order chi connectivity index (χ1) is 15.1. The van der Waals surface area contributed by atoms with Gasteiger partial charge in [0.2, 0.25) is 5.91 Å². The second-order valence-electron chi connectivity index (χ2n) is 8.35. The van der Waals surface area contributed by atoms with Crippen molar-refractivity contribution in [2.45, 2.75) is 52.2 Å². The smallest absolute Gasteiger partial charge is 0.261 e. The molecule has 162 valence electrons. The fourth-order valence-corrected chi connectivity index (χ4v) is 4.24. The van der Waals surface area contributed by atoms with Gasteiger partial charge in [0.1, 0.15) is 0 Å². The van der Waals surface area contributed by atoms with Gasteiger partial charge in [-0.1, -0.05) is 42.8 Å². The number of aromatic nitrogens is 2. The Balaban J connectivity index is 1.35. The minimum absolute atomic E-state index is 0.0657. The zero-order valence-corrected chi connectivity index (χ0v) is 18.1. The summed E-state index contributed by atoms with van der Waals surface area (Å²) in [5, 5.41) is 3.61. The summed E-state index contributed by atoms with van der Waals surface area (Å²) in [6.45, 7) is 5.99. The Morgan fingerprint density at radius 2 is 1.81 bits per heavy atom. The molecule has 0 spiro atoms. The molecule has 1 N–H and O–H groups in total. The lowest BCUT2D eigenvalue weighted by Gasteiger charge is -2.27. The van der Waals surface area contributed by atoms with Crippen LogP contribution in [0.15, 0.2) is 53.6 Å². The van der Waals surface area contributed by atoms with Crippen LogP contribution in [0.4, 0.5) is 0 Å². The Morgan fingerprint density at radius 3 is 2.61 bits per heavy atom. The molecule has 6 nitrogen and oxygen atoms in total. The first-order valence-electron chi connectivity index (χ1n) is 11.1. The minimum Gasteiger partial charge on any atom is -0.352 e. The summed E-state index contributed by atoms with van der Waals surface area (Å²) in [6, 6.07) is 13.9. The number of benzene rings is 2. The predicted molar refractivity (Wildman–Crippen MR) is 123 cm³/mol. The maximum Gasteiger partial charge on any atom is 0.261 e. The van der Waals surface area contributed by atoms with E-state index in [9.17, 15) is 9.59 Å². The minimum atomic E-state index is -0.103. The predicted octanol–water partition coefficient (Wildman–Crippen LogP) is 3.40. The van der Waals surface area contributed by atoms with E-state index in [2.05, 4.69) is 33.4 Å². The van der Waals surface area contributed by atoms with Gasteiger partial charge in [-0.25, -0.2) is 4.98 Å². The number of nitrogens with zero attached hydrogens (tertiary/aromatic N) is 3. The number of aryl methyl sites for hydroxylation is 2. The fraction of sp³-hybridized carbons (Fsp3) is 0.400. The van der Waals surface area contributed by atoms with Crippen molar-refractivity contribution in [2.75, 3.05) is 13.1 Å². The van der Waals surface area contributed by atoms with Crippen molar-refractivity contribution < 1.29 is 4.79 Å². The van der Waals surface area contributed by atoms with Gasteiger partial charge in [-0.05, 0) is 55.6 Å². The van der Waals surface area contributed by atoms with E-state index in [0.717, 1.165) is 36.3 Å². The number of likely N-dealkylation sites (tertiary alicyclic amines) is 1. The SMILES string of the molecule is Cc1cccc2c(=O)n(CCC(=O)NCc3ccccc3CN3CCCCC3)cnc12. The highest BCUT2D eigenvalue weighted by molar-refractivity contribution is 5.80. The molecule has 1 saturated heterocycles. The summed E-state index contributed by atoms with van der Waals surface area (Å²) in [5.74, 6) is -0.0657. The summed E-state index contributed by atoms with van der Waals surface area (Å²) in [7, 11) is 0. The van der Waals surface area contributed by atoms with Gasteiger partial charge in [-0.2, -0.15) is 0 Å². The highest BCUT2D eigenvalue weighted by atomic mass is 16.1. The third kappa shape index (κ3) is 5.20. The number of para-hydroxylation sites is 1. The topological polar surface area (TPSA) is 67.2 Å². The van der Waals surface area contributed by atoms with Gasteiger partial charge in [-0.3, -0.25) is 19.1 Å². The van der Waals surface area contributed by atoms with Crippen molar-refractivity contribution in [2.24, 2.45) is 0 Å². The van der Waals surface area contributed by atoms with Crippen LogP contribution < -0.4 is 10.9 Å². The van der Waals surface area contributed by atoms with Gasteiger partial charge >= 0.3 is 0 Å². The van der Waals surface area contributed by atoms with Gasteiger partial charge in [0, 0.05) is 26.1 Å². The van der Waals surface area contributed by atoms with Crippen LogP contribution in [-0.2, 0) is 24.4 Å². The van der Waals surface area contributed by atoms with Crippen LogP contribution in [0.3, 0.4) is 0 Å². The lowest BCUT2D eigenvalue weighted by molar-refractivity contribution is -0.121. The van der Waals surface area contributed by atoms with Crippen LogP contribution in [0.1, 0.15) is 42.4 Å². The first-order valence-corrected chi connectivity index (χ1v) is 11.1. The zero-order valence-electron chi connectivity index (χ0n) is 18.1. The standard InChI is InChI=1S/C25H30N4O2/c1-19-8-7-11-22-24(19)27-18-29(25(22)31)15-12-23(30)26-16-20-9-3-4-10-21(20)17-28-13-5-2-6-14-28/h3-4,7-11,18H,2,5-6,12-17H2,1H3,(H,26,30). The summed E-state index contributed by atoms with van der Waals surface area (Å²) >= 11 is 0. The highest BCUT2D eigenvalue weighted by Gasteiger charge is 2.13. The van der Waals surface area contributed by atoms with Crippen molar-refractivity contribution in [1.82, 2.24) is 19.8 Å². The lowest BCUT2D eigenvalue weighted by atomic mass is 10.0. The number of carbonyl (C=O) groups is 1. The molecular formula is C25H30N4O2. The third-order valence-corrected chi connectivity index (χ3v) is 6.07. The Kier molecular flexibility index (Phi) is 6.77. The third-order valence-electron chi connectivity index (χ3n) is 6.07. The number of nitrogens with one attached hydrogen (secondary N) is 1. The van der Waals surface area contributed by atoms with Gasteiger partial charge in [0.25, 0.3) is 5.56 Å². The van der Waals surface area contributed by atoms with E-state index in [4.69, 9.17) is 0 Å². The maximum atomic E-state index is 12.7. The zero-order chi connectivity index (χ0) is 21.6. The van der Waals surface area contributed by atoms with E-state index < -0.39 is 0 Å². The average molecular weight is 419 g/mol. The van der Waals surface area contributed by atoms with E-state index in [1.807, 2.05) is 25.1 Å². The molecular weight excluding hydrogens is 388 g/mol. The summed E-state index contributed by atoms with van der Waals surface area (Å²) in [6.07, 6.45) is 5.64. The van der Waals surface area contributed by atoms with Gasteiger partial charge < -0.3 is 5.32 Å². The van der Waals surface area contributed by atoms with Gasteiger partial charge in [0.15, 0.2) is 0 Å². The van der Waals surface area contributed by atoms with E-state index in [1.54, 1.807) is 12.4 Å². The van der Waals surface area contributed by atoms with E-state index in [-0.39, 0.29) is 17.9 Å². The number of piperidine rings is 1. The second kappa shape index (κ2) is 9.88. The molecule has 1 fully saturated rings. The molecule has 0 saturated carbocycles. The number of rotatable bonds is 7. The van der Waals surface area contributed by atoms with Crippen LogP contribution in [0.25, 0.3) is 10.9 Å². The number of carbonyl (C=O) groups excluding carboxylic acids is 1. The molecule has 0 unspecified atom stereocenters. The molecule has 0 radical (unpaired) electrons. The van der Waals surface area contributed by atoms with E-state index >= 15 is 0 Å². The molecule has 3 aromatic rings. The molecule has 0 bridgehead atoms. The molecule has 1 amide bonds. The number of amides is 1. The highest BCUT2D eigenvalue weighted by Crippen LogP contribution is 2.16. The Hall–Kier alpha value is -2.99. The van der Waals surface area contributed by atoms with Crippen molar-refractivity contribution in [3.05, 3.63) is 75.8 Å². The Bertz CT molecular complexity index is 1120. The van der Waals surface area contributed by atoms with Gasteiger partial charge in [0.05, 0.1) is 17.2 Å². The van der Waals surface area contributed by atoms with Crippen LogP contribution in [0.5, 0.6) is 0 Å².